The normalized spacial score (nSPS) is 15.7. The molecule has 0 radical (unpaired) electrons. The van der Waals surface area contributed by atoms with Gasteiger partial charge < -0.3 is 5.32 Å². The van der Waals surface area contributed by atoms with E-state index in [1.54, 1.807) is 12.1 Å². The largest absolute Gasteiger partial charge is 0.326 e. The van der Waals surface area contributed by atoms with E-state index in [0.717, 1.165) is 6.42 Å². The van der Waals surface area contributed by atoms with E-state index < -0.39 is 15.4 Å². The summed E-state index contributed by atoms with van der Waals surface area (Å²) in [5.41, 5.74) is -0.261. The Balaban J connectivity index is 3.09. The van der Waals surface area contributed by atoms with E-state index in [0.29, 0.717) is 5.69 Å². The molecule has 136 valence electrons. The van der Waals surface area contributed by atoms with E-state index in [1.807, 2.05) is 6.92 Å². The molecule has 0 aliphatic heterocycles. The molecular weight excluding hydrogens is 324 g/mol. The van der Waals surface area contributed by atoms with E-state index in [4.69, 9.17) is 5.14 Å². The van der Waals surface area contributed by atoms with Crippen LogP contribution < -0.4 is 10.5 Å². The Morgan fingerprint density at radius 1 is 1.00 bits per heavy atom. The van der Waals surface area contributed by atoms with Gasteiger partial charge in [0.15, 0.2) is 0 Å². The maximum absolute atomic E-state index is 13.0. The monoisotopic (exact) mass is 354 g/mol. The fourth-order valence-electron chi connectivity index (χ4n) is 2.74. The third-order valence-corrected chi connectivity index (χ3v) is 5.41. The van der Waals surface area contributed by atoms with Gasteiger partial charge in [0.05, 0.1) is 10.3 Å². The van der Waals surface area contributed by atoms with Crippen LogP contribution in [0.5, 0.6) is 0 Å². The lowest BCUT2D eigenvalue weighted by atomic mass is 9.61. The molecule has 0 fully saturated rings. The zero-order valence-electron chi connectivity index (χ0n) is 15.7. The molecule has 3 N–H and O–H groups in total. The summed E-state index contributed by atoms with van der Waals surface area (Å²) in [7, 11) is -3.74. The van der Waals surface area contributed by atoms with Crippen LogP contribution in [0.25, 0.3) is 0 Å². The Labute approximate surface area is 146 Å². The van der Waals surface area contributed by atoms with Crippen molar-refractivity contribution < 1.29 is 13.2 Å². The number of primary sulfonamides is 1. The molecule has 0 bridgehead atoms. The first-order valence-corrected chi connectivity index (χ1v) is 9.55. The number of carbonyl (C=O) groups is 1. The molecular formula is C18H30N2O3S. The van der Waals surface area contributed by atoms with Crippen molar-refractivity contribution in [3.63, 3.8) is 0 Å². The fraction of sp³-hybridized carbons (Fsp3) is 0.611. The van der Waals surface area contributed by atoms with E-state index in [9.17, 15) is 13.2 Å². The lowest BCUT2D eigenvalue weighted by Gasteiger charge is -2.44. The highest BCUT2D eigenvalue weighted by Gasteiger charge is 2.46. The summed E-state index contributed by atoms with van der Waals surface area (Å²) < 4.78 is 22.6. The molecule has 0 aliphatic rings. The van der Waals surface area contributed by atoms with Crippen LogP contribution in [0, 0.1) is 16.2 Å². The second-order valence-corrected chi connectivity index (χ2v) is 10.4. The highest BCUT2D eigenvalue weighted by atomic mass is 32.2. The molecule has 0 aliphatic carbocycles. The molecule has 1 rings (SSSR count). The number of carbonyl (C=O) groups excluding carboxylic acids is 1. The van der Waals surface area contributed by atoms with Crippen molar-refractivity contribution in [3.05, 3.63) is 24.3 Å². The van der Waals surface area contributed by atoms with Gasteiger partial charge in [0.1, 0.15) is 0 Å². The Morgan fingerprint density at radius 2 is 1.46 bits per heavy atom. The Bertz CT molecular complexity index is 695. The smallest absolute Gasteiger partial charge is 0.238 e. The maximum Gasteiger partial charge on any atom is 0.238 e. The fourth-order valence-corrected chi connectivity index (χ4v) is 3.26. The zero-order chi connectivity index (χ0) is 19.0. The lowest BCUT2D eigenvalue weighted by molar-refractivity contribution is -0.133. The first kappa shape index (κ1) is 20.6. The number of hydrogen-bond donors (Lipinski definition) is 2. The number of rotatable bonds is 4. The summed E-state index contributed by atoms with van der Waals surface area (Å²) in [6.07, 6.45) is 0.727. The van der Waals surface area contributed by atoms with E-state index in [-0.39, 0.29) is 21.6 Å². The van der Waals surface area contributed by atoms with Crippen LogP contribution in [0.1, 0.15) is 54.9 Å². The second-order valence-electron chi connectivity index (χ2n) is 8.84. The van der Waals surface area contributed by atoms with Crippen LogP contribution in [0.2, 0.25) is 0 Å². The Kier molecular flexibility index (Phi) is 5.58. The first-order chi connectivity index (χ1) is 10.6. The van der Waals surface area contributed by atoms with Crippen LogP contribution in [-0.2, 0) is 14.8 Å². The average molecular weight is 355 g/mol. The number of nitrogens with two attached hydrogens (primary N) is 1. The third kappa shape index (κ3) is 5.05. The zero-order valence-corrected chi connectivity index (χ0v) is 16.5. The molecule has 24 heavy (non-hydrogen) atoms. The number of nitrogens with one attached hydrogen (secondary N) is 1. The topological polar surface area (TPSA) is 89.3 Å². The minimum atomic E-state index is -3.74. The van der Waals surface area contributed by atoms with Crippen LogP contribution >= 0.6 is 0 Å². The SMILES string of the molecule is CC(C)(C)CC(C)(C(=O)Nc1ccc(S(N)(=O)=O)cc1)C(C)(C)C. The second kappa shape index (κ2) is 6.48. The van der Waals surface area contributed by atoms with E-state index >= 15 is 0 Å². The minimum absolute atomic E-state index is 0.00312. The summed E-state index contributed by atoms with van der Waals surface area (Å²) in [6, 6.07) is 5.89. The van der Waals surface area contributed by atoms with Gasteiger partial charge in [-0.25, -0.2) is 13.6 Å². The minimum Gasteiger partial charge on any atom is -0.326 e. The van der Waals surface area contributed by atoms with Gasteiger partial charge in [0.25, 0.3) is 0 Å². The van der Waals surface area contributed by atoms with Crippen LogP contribution in [0.3, 0.4) is 0 Å². The first-order valence-electron chi connectivity index (χ1n) is 8.01. The summed E-state index contributed by atoms with van der Waals surface area (Å²) in [5, 5.41) is 8.00. The molecule has 0 heterocycles. The van der Waals surface area contributed by atoms with Gasteiger partial charge >= 0.3 is 0 Å². The molecule has 6 heteroatoms. The van der Waals surface area contributed by atoms with Crippen molar-refractivity contribution in [2.45, 2.75) is 59.8 Å². The van der Waals surface area contributed by atoms with Crippen molar-refractivity contribution in [1.82, 2.24) is 0 Å². The summed E-state index contributed by atoms with van der Waals surface area (Å²) >= 11 is 0. The maximum atomic E-state index is 13.0. The molecule has 0 spiro atoms. The van der Waals surface area contributed by atoms with Gasteiger partial charge in [-0.15, -0.1) is 0 Å². The number of hydrogen-bond acceptors (Lipinski definition) is 3. The summed E-state index contributed by atoms with van der Waals surface area (Å²) in [6.45, 7) is 14.5. The molecule has 5 nitrogen and oxygen atoms in total. The van der Waals surface area contributed by atoms with Crippen molar-refractivity contribution in [2.24, 2.45) is 21.4 Å². The highest BCUT2D eigenvalue weighted by molar-refractivity contribution is 7.89. The molecule has 1 unspecified atom stereocenters. The Morgan fingerprint density at radius 3 is 1.79 bits per heavy atom. The van der Waals surface area contributed by atoms with Crippen molar-refractivity contribution in [1.29, 1.82) is 0 Å². The number of sulfonamides is 1. The molecule has 0 aromatic heterocycles. The van der Waals surface area contributed by atoms with Crippen LogP contribution in [-0.4, -0.2) is 14.3 Å². The summed E-state index contributed by atoms with van der Waals surface area (Å²) in [5.74, 6) is -0.0757. The average Bonchev–Trinajstić information content (AvgIpc) is 2.34. The molecule has 1 aromatic carbocycles. The standard InChI is InChI=1S/C18H30N2O3S/c1-16(2,3)12-18(7,17(4,5)6)15(21)20-13-8-10-14(11-9-13)24(19,22)23/h8-11H,12H2,1-7H3,(H,20,21)(H2,19,22,23). The molecule has 0 saturated carbocycles. The molecule has 1 atom stereocenters. The van der Waals surface area contributed by atoms with Gasteiger partial charge in [-0.05, 0) is 41.5 Å². The van der Waals surface area contributed by atoms with Crippen LogP contribution in [0.15, 0.2) is 29.2 Å². The number of benzene rings is 1. The predicted octanol–water partition coefficient (Wildman–Crippen LogP) is 3.76. The summed E-state index contributed by atoms with van der Waals surface area (Å²) in [4.78, 5) is 13.0. The van der Waals surface area contributed by atoms with Gasteiger partial charge in [-0.2, -0.15) is 0 Å². The van der Waals surface area contributed by atoms with E-state index in [2.05, 4.69) is 46.9 Å². The van der Waals surface area contributed by atoms with Gasteiger partial charge in [0, 0.05) is 5.69 Å². The molecule has 1 amide bonds. The van der Waals surface area contributed by atoms with Crippen molar-refractivity contribution in [3.8, 4) is 0 Å². The number of amides is 1. The Hall–Kier alpha value is -1.40. The van der Waals surface area contributed by atoms with Crippen molar-refractivity contribution >= 4 is 21.6 Å². The third-order valence-electron chi connectivity index (χ3n) is 4.48. The predicted molar refractivity (Wildman–Crippen MR) is 98.1 cm³/mol. The van der Waals surface area contributed by atoms with Gasteiger partial charge in [0.2, 0.25) is 15.9 Å². The quantitative estimate of drug-likeness (QED) is 0.862. The van der Waals surface area contributed by atoms with E-state index in [1.165, 1.54) is 12.1 Å². The van der Waals surface area contributed by atoms with Crippen molar-refractivity contribution in [2.75, 3.05) is 5.32 Å². The van der Waals surface area contributed by atoms with Gasteiger partial charge in [-0.3, -0.25) is 4.79 Å². The molecule has 0 saturated heterocycles. The highest BCUT2D eigenvalue weighted by Crippen LogP contribution is 2.47. The molecule has 1 aromatic rings. The van der Waals surface area contributed by atoms with Gasteiger partial charge in [-0.1, -0.05) is 48.5 Å². The lowest BCUT2D eigenvalue weighted by Crippen LogP contribution is -2.46. The van der Waals surface area contributed by atoms with Crippen LogP contribution in [0.4, 0.5) is 5.69 Å². The number of anilines is 1.